The van der Waals surface area contributed by atoms with Crippen LogP contribution in [0.5, 0.6) is 5.75 Å². The first kappa shape index (κ1) is 19.8. The molecule has 6 nitrogen and oxygen atoms in total. The second-order valence-corrected chi connectivity index (χ2v) is 6.51. The van der Waals surface area contributed by atoms with Crippen LogP contribution >= 0.6 is 0 Å². The van der Waals surface area contributed by atoms with Crippen LogP contribution in [-0.2, 0) is 6.54 Å². The Morgan fingerprint density at radius 3 is 2.57 bits per heavy atom. The van der Waals surface area contributed by atoms with E-state index in [1.165, 1.54) is 0 Å². The van der Waals surface area contributed by atoms with Crippen LogP contribution < -0.4 is 15.4 Å². The average Bonchev–Trinajstić information content (AvgIpc) is 3.06. The molecular weight excluding hydrogens is 354 g/mol. The summed E-state index contributed by atoms with van der Waals surface area (Å²) in [4.78, 5) is 4.60. The molecule has 6 heteroatoms. The molecule has 0 fully saturated rings. The molecular formula is C22H27N3O3. The summed E-state index contributed by atoms with van der Waals surface area (Å²) in [6, 6.07) is 15.4. The Hall–Kier alpha value is -2.99. The van der Waals surface area contributed by atoms with E-state index in [1.807, 2.05) is 56.3 Å². The second kappa shape index (κ2) is 9.28. The van der Waals surface area contributed by atoms with Gasteiger partial charge in [-0.25, -0.2) is 4.99 Å². The number of para-hydroxylation sites is 1. The van der Waals surface area contributed by atoms with E-state index < -0.39 is 6.10 Å². The van der Waals surface area contributed by atoms with E-state index in [1.54, 1.807) is 7.11 Å². The Balaban J connectivity index is 1.65. The number of aliphatic imine (C=N–C) groups is 1. The van der Waals surface area contributed by atoms with Crippen LogP contribution in [0.3, 0.4) is 0 Å². The zero-order valence-corrected chi connectivity index (χ0v) is 16.5. The third-order valence-electron chi connectivity index (χ3n) is 4.63. The third-order valence-corrected chi connectivity index (χ3v) is 4.63. The summed E-state index contributed by atoms with van der Waals surface area (Å²) in [6.07, 6.45) is -0.650. The van der Waals surface area contributed by atoms with Gasteiger partial charge in [-0.15, -0.1) is 0 Å². The number of nitrogens with one attached hydrogen (secondary N) is 2. The van der Waals surface area contributed by atoms with Crippen LogP contribution in [-0.4, -0.2) is 31.3 Å². The van der Waals surface area contributed by atoms with Crippen molar-refractivity contribution in [1.29, 1.82) is 0 Å². The maximum Gasteiger partial charge on any atom is 0.191 e. The standard InChI is InChI=1S/C22H27N3O3/c1-4-23-22(24-13-19(26)16-9-11-17(27-3)12-10-16)25-14-21-15(2)18-7-5-6-8-20(18)28-21/h5-12,19,26H,4,13-14H2,1-3H3,(H2,23,24,25). The first-order valence-electron chi connectivity index (χ1n) is 9.43. The predicted octanol–water partition coefficient (Wildman–Crippen LogP) is 3.54. The number of guanidine groups is 1. The first-order valence-corrected chi connectivity index (χ1v) is 9.43. The summed E-state index contributed by atoms with van der Waals surface area (Å²) in [5.74, 6) is 2.24. The van der Waals surface area contributed by atoms with Gasteiger partial charge in [0.25, 0.3) is 0 Å². The smallest absolute Gasteiger partial charge is 0.191 e. The number of aryl methyl sites for hydroxylation is 1. The molecule has 0 aliphatic carbocycles. The maximum absolute atomic E-state index is 10.4. The minimum atomic E-state index is -0.650. The number of hydrogen-bond acceptors (Lipinski definition) is 4. The number of aliphatic hydroxyl groups excluding tert-OH is 1. The van der Waals surface area contributed by atoms with Crippen molar-refractivity contribution in [3.63, 3.8) is 0 Å². The quantitative estimate of drug-likeness (QED) is 0.431. The molecule has 1 heterocycles. The number of benzene rings is 2. The van der Waals surface area contributed by atoms with Crippen LogP contribution in [0, 0.1) is 6.92 Å². The molecule has 0 bridgehead atoms. The van der Waals surface area contributed by atoms with Gasteiger partial charge in [-0.2, -0.15) is 0 Å². The van der Waals surface area contributed by atoms with Gasteiger partial charge in [0.1, 0.15) is 23.6 Å². The van der Waals surface area contributed by atoms with E-state index in [0.717, 1.165) is 40.2 Å². The van der Waals surface area contributed by atoms with Crippen molar-refractivity contribution in [3.05, 3.63) is 65.4 Å². The summed E-state index contributed by atoms with van der Waals surface area (Å²) in [5, 5.41) is 17.9. The number of rotatable bonds is 7. The molecule has 0 spiro atoms. The number of ether oxygens (including phenoxy) is 1. The number of hydrogen-bond donors (Lipinski definition) is 3. The van der Waals surface area contributed by atoms with Gasteiger partial charge in [-0.3, -0.25) is 0 Å². The second-order valence-electron chi connectivity index (χ2n) is 6.51. The maximum atomic E-state index is 10.4. The number of methoxy groups -OCH3 is 1. The van der Waals surface area contributed by atoms with Crippen LogP contribution in [0.2, 0.25) is 0 Å². The molecule has 3 aromatic rings. The average molecular weight is 381 g/mol. The van der Waals surface area contributed by atoms with E-state index in [2.05, 4.69) is 21.7 Å². The van der Waals surface area contributed by atoms with Crippen molar-refractivity contribution in [2.45, 2.75) is 26.5 Å². The van der Waals surface area contributed by atoms with Crippen LogP contribution in [0.4, 0.5) is 0 Å². The molecule has 1 unspecified atom stereocenters. The lowest BCUT2D eigenvalue weighted by Gasteiger charge is -2.15. The topological polar surface area (TPSA) is 79.0 Å². The van der Waals surface area contributed by atoms with Crippen LogP contribution in [0.1, 0.15) is 29.9 Å². The van der Waals surface area contributed by atoms with Gasteiger partial charge in [-0.05, 0) is 37.6 Å². The van der Waals surface area contributed by atoms with E-state index in [0.29, 0.717) is 19.0 Å². The lowest BCUT2D eigenvalue weighted by atomic mass is 10.1. The van der Waals surface area contributed by atoms with Crippen molar-refractivity contribution in [1.82, 2.24) is 10.6 Å². The van der Waals surface area contributed by atoms with E-state index in [4.69, 9.17) is 9.15 Å². The summed E-state index contributed by atoms with van der Waals surface area (Å²) in [6.45, 7) is 5.54. The molecule has 2 aromatic carbocycles. The fourth-order valence-corrected chi connectivity index (χ4v) is 3.01. The van der Waals surface area contributed by atoms with Crippen molar-refractivity contribution in [2.75, 3.05) is 20.2 Å². The van der Waals surface area contributed by atoms with Gasteiger partial charge in [0.2, 0.25) is 0 Å². The molecule has 0 saturated carbocycles. The van der Waals surface area contributed by atoms with Gasteiger partial charge in [0, 0.05) is 24.0 Å². The molecule has 0 amide bonds. The summed E-state index contributed by atoms with van der Waals surface area (Å²) in [7, 11) is 1.62. The lowest BCUT2D eigenvalue weighted by Crippen LogP contribution is -2.39. The number of nitrogens with zero attached hydrogens (tertiary/aromatic N) is 1. The Morgan fingerprint density at radius 1 is 1.14 bits per heavy atom. The molecule has 3 N–H and O–H groups in total. The Labute approximate surface area is 165 Å². The van der Waals surface area contributed by atoms with Crippen molar-refractivity contribution >= 4 is 16.9 Å². The van der Waals surface area contributed by atoms with Gasteiger partial charge in [0.15, 0.2) is 5.96 Å². The minimum absolute atomic E-state index is 0.345. The fourth-order valence-electron chi connectivity index (χ4n) is 3.01. The van der Waals surface area contributed by atoms with Crippen molar-refractivity contribution < 1.29 is 14.3 Å². The molecule has 0 saturated heterocycles. The highest BCUT2D eigenvalue weighted by Crippen LogP contribution is 2.25. The highest BCUT2D eigenvalue weighted by molar-refractivity contribution is 5.82. The van der Waals surface area contributed by atoms with Crippen LogP contribution in [0.25, 0.3) is 11.0 Å². The minimum Gasteiger partial charge on any atom is -0.497 e. The Bertz CT molecular complexity index is 932. The zero-order chi connectivity index (χ0) is 19.9. The number of aliphatic hydroxyl groups is 1. The summed E-state index contributed by atoms with van der Waals surface area (Å²) < 4.78 is 11.1. The summed E-state index contributed by atoms with van der Waals surface area (Å²) in [5.41, 5.74) is 2.80. The van der Waals surface area contributed by atoms with Crippen LogP contribution in [0.15, 0.2) is 57.9 Å². The molecule has 148 valence electrons. The van der Waals surface area contributed by atoms with Gasteiger partial charge >= 0.3 is 0 Å². The highest BCUT2D eigenvalue weighted by atomic mass is 16.5. The molecule has 1 atom stereocenters. The van der Waals surface area contributed by atoms with Gasteiger partial charge < -0.3 is 24.9 Å². The SMILES string of the molecule is CCNC(=NCc1oc2ccccc2c1C)NCC(O)c1ccc(OC)cc1. The highest BCUT2D eigenvalue weighted by Gasteiger charge is 2.11. The number of furan rings is 1. The monoisotopic (exact) mass is 381 g/mol. The molecule has 0 aliphatic heterocycles. The molecule has 0 aliphatic rings. The van der Waals surface area contributed by atoms with E-state index in [9.17, 15) is 5.11 Å². The molecule has 0 radical (unpaired) electrons. The molecule has 28 heavy (non-hydrogen) atoms. The lowest BCUT2D eigenvalue weighted by molar-refractivity contribution is 0.180. The summed E-state index contributed by atoms with van der Waals surface area (Å²) >= 11 is 0. The zero-order valence-electron chi connectivity index (χ0n) is 16.5. The first-order chi connectivity index (χ1) is 13.6. The fraction of sp³-hybridized carbons (Fsp3) is 0.318. The normalized spacial score (nSPS) is 12.8. The Morgan fingerprint density at radius 2 is 1.89 bits per heavy atom. The van der Waals surface area contributed by atoms with Crippen molar-refractivity contribution in [3.8, 4) is 5.75 Å². The predicted molar refractivity (Wildman–Crippen MR) is 112 cm³/mol. The van der Waals surface area contributed by atoms with Gasteiger partial charge in [-0.1, -0.05) is 30.3 Å². The number of fused-ring (bicyclic) bond motifs is 1. The van der Waals surface area contributed by atoms with Gasteiger partial charge in [0.05, 0.1) is 13.2 Å². The molecule has 3 rings (SSSR count). The largest absolute Gasteiger partial charge is 0.497 e. The van der Waals surface area contributed by atoms with E-state index in [-0.39, 0.29) is 0 Å². The van der Waals surface area contributed by atoms with Crippen molar-refractivity contribution in [2.24, 2.45) is 4.99 Å². The Kier molecular flexibility index (Phi) is 6.55. The molecule has 1 aromatic heterocycles. The van der Waals surface area contributed by atoms with E-state index >= 15 is 0 Å². The third kappa shape index (κ3) is 4.64.